The first-order chi connectivity index (χ1) is 10.7. The van der Waals surface area contributed by atoms with E-state index in [4.69, 9.17) is 9.68 Å². The van der Waals surface area contributed by atoms with Gasteiger partial charge in [-0.2, -0.15) is 0 Å². The zero-order valence-electron chi connectivity index (χ0n) is 12.7. The van der Waals surface area contributed by atoms with Crippen LogP contribution in [-0.4, -0.2) is 19.1 Å². The molecule has 23 heavy (non-hydrogen) atoms. The van der Waals surface area contributed by atoms with Crippen molar-refractivity contribution in [2.75, 3.05) is 19.0 Å². The smallest absolute Gasteiger partial charge is 0.133 e. The molecule has 115 valence electrons. The van der Waals surface area contributed by atoms with Crippen molar-refractivity contribution in [1.82, 2.24) is 4.98 Å². The second kappa shape index (κ2) is 7.24. The van der Waals surface area contributed by atoms with Crippen LogP contribution < -0.4 is 4.90 Å². The third-order valence-corrected chi connectivity index (χ3v) is 3.41. The molecule has 0 saturated carbocycles. The van der Waals surface area contributed by atoms with Gasteiger partial charge in [0.25, 0.3) is 0 Å². The van der Waals surface area contributed by atoms with Crippen LogP contribution in [0.2, 0.25) is 0 Å². The van der Waals surface area contributed by atoms with Crippen molar-refractivity contribution in [3.8, 4) is 28.7 Å². The largest absolute Gasteiger partial charge is 0.466 e. The van der Waals surface area contributed by atoms with Gasteiger partial charge >= 0.3 is 0 Å². The number of rotatable bonds is 3. The summed E-state index contributed by atoms with van der Waals surface area (Å²) in [5.74, 6) is 1.41. The number of furan rings is 1. The van der Waals surface area contributed by atoms with Crippen molar-refractivity contribution in [2.24, 2.45) is 0 Å². The van der Waals surface area contributed by atoms with E-state index in [2.05, 4.69) is 17.3 Å². The van der Waals surface area contributed by atoms with Gasteiger partial charge in [0.15, 0.2) is 0 Å². The van der Waals surface area contributed by atoms with Gasteiger partial charge in [-0.3, -0.25) is 5.26 Å². The van der Waals surface area contributed by atoms with Gasteiger partial charge < -0.3 is 14.3 Å². The molecule has 1 aromatic carbocycles. The third kappa shape index (κ3) is 3.51. The fourth-order valence-electron chi connectivity index (χ4n) is 2.21. The molecular formula is C18H14N3ORe-. The topological polar surface area (TPSA) is 53.1 Å². The van der Waals surface area contributed by atoms with Crippen LogP contribution in [0, 0.1) is 17.5 Å². The number of aromatic nitrogens is 1. The Labute approximate surface area is 149 Å². The van der Waals surface area contributed by atoms with E-state index in [1.165, 1.54) is 0 Å². The molecule has 0 N–H and O–H groups in total. The predicted octanol–water partition coefficient (Wildman–Crippen LogP) is 3.74. The first-order valence-electron chi connectivity index (χ1n) is 6.84. The Kier molecular flexibility index (Phi) is 5.34. The molecule has 1 radical (unpaired) electrons. The van der Waals surface area contributed by atoms with Crippen molar-refractivity contribution in [3.05, 3.63) is 60.4 Å². The Balaban J connectivity index is 0.00000192. The predicted molar refractivity (Wildman–Crippen MR) is 85.3 cm³/mol. The van der Waals surface area contributed by atoms with E-state index in [1.54, 1.807) is 12.3 Å². The molecule has 5 heteroatoms. The van der Waals surface area contributed by atoms with E-state index in [-0.39, 0.29) is 20.4 Å². The molecule has 0 aliphatic carbocycles. The van der Waals surface area contributed by atoms with Crippen molar-refractivity contribution < 1.29 is 24.8 Å². The van der Waals surface area contributed by atoms with Crippen LogP contribution in [0.3, 0.4) is 0 Å². The second-order valence-corrected chi connectivity index (χ2v) is 5.06. The molecule has 0 unspecified atom stereocenters. The standard InChI is InChI=1S/C18H14N3O.Re/c1-21(2)15-5-3-13(4-6-15)17-7-8-18(22-17)16-9-10-20-12-14(16)11-19;/h3-10H,1-2H3;/q-1;. The number of hydrogen-bond donors (Lipinski definition) is 0. The molecular weight excluding hydrogens is 460 g/mol. The Morgan fingerprint density at radius 3 is 2.39 bits per heavy atom. The number of hydrogen-bond acceptors (Lipinski definition) is 4. The maximum Gasteiger partial charge on any atom is 0.133 e. The summed E-state index contributed by atoms with van der Waals surface area (Å²) < 4.78 is 5.89. The fourth-order valence-corrected chi connectivity index (χ4v) is 2.21. The van der Waals surface area contributed by atoms with Crippen LogP contribution in [0.25, 0.3) is 22.6 Å². The van der Waals surface area contributed by atoms with Crippen LogP contribution in [0.15, 0.2) is 53.1 Å². The molecule has 0 amide bonds. The summed E-state index contributed by atoms with van der Waals surface area (Å²) in [6.45, 7) is 0. The Morgan fingerprint density at radius 1 is 1.04 bits per heavy atom. The molecule has 2 heterocycles. The summed E-state index contributed by atoms with van der Waals surface area (Å²) in [6.07, 6.45) is 4.28. The third-order valence-electron chi connectivity index (χ3n) is 3.41. The molecule has 0 spiro atoms. The van der Waals surface area contributed by atoms with Crippen LogP contribution in [0.1, 0.15) is 5.56 Å². The Hall–Kier alpha value is -2.40. The molecule has 3 rings (SSSR count). The van der Waals surface area contributed by atoms with Crippen molar-refractivity contribution in [2.45, 2.75) is 0 Å². The summed E-state index contributed by atoms with van der Waals surface area (Å²) in [6, 6.07) is 15.7. The molecule has 0 atom stereocenters. The van der Waals surface area contributed by atoms with Gasteiger partial charge in [-0.1, -0.05) is 17.3 Å². The van der Waals surface area contributed by atoms with E-state index < -0.39 is 0 Å². The number of nitriles is 1. The SMILES string of the molecule is CN(C)c1ccc(-c2ccc(-c3ccn[c-]c3C#N)o2)cc1.[Re]. The molecule has 0 bridgehead atoms. The second-order valence-electron chi connectivity index (χ2n) is 5.06. The van der Waals surface area contributed by atoms with Crippen LogP contribution in [0.4, 0.5) is 5.69 Å². The Morgan fingerprint density at radius 2 is 1.74 bits per heavy atom. The van der Waals surface area contributed by atoms with Gasteiger partial charge in [-0.15, -0.1) is 6.07 Å². The van der Waals surface area contributed by atoms with Gasteiger partial charge in [0.2, 0.25) is 0 Å². The van der Waals surface area contributed by atoms with Crippen LogP contribution >= 0.6 is 0 Å². The van der Waals surface area contributed by atoms with E-state index >= 15 is 0 Å². The van der Waals surface area contributed by atoms with E-state index in [9.17, 15) is 0 Å². The molecule has 0 saturated heterocycles. The van der Waals surface area contributed by atoms with Gasteiger partial charge in [-0.25, -0.2) is 0 Å². The quantitative estimate of drug-likeness (QED) is 0.543. The first kappa shape index (κ1) is 17.0. The molecule has 3 aromatic rings. The molecule has 2 aromatic heterocycles. The van der Waals surface area contributed by atoms with Gasteiger partial charge in [0.1, 0.15) is 5.76 Å². The summed E-state index contributed by atoms with van der Waals surface area (Å²) in [5, 5.41) is 9.12. The number of benzene rings is 1. The monoisotopic (exact) mass is 475 g/mol. The van der Waals surface area contributed by atoms with Gasteiger partial charge in [-0.05, 0) is 48.7 Å². The van der Waals surface area contributed by atoms with Crippen LogP contribution in [-0.2, 0) is 20.4 Å². The maximum atomic E-state index is 9.12. The summed E-state index contributed by atoms with van der Waals surface area (Å²) in [7, 11) is 4.01. The van der Waals surface area contributed by atoms with Crippen molar-refractivity contribution in [3.63, 3.8) is 0 Å². The summed E-state index contributed by atoms with van der Waals surface area (Å²) in [5.41, 5.74) is 3.21. The zero-order chi connectivity index (χ0) is 15.5. The average Bonchev–Trinajstić information content (AvgIpc) is 3.04. The number of nitrogens with zero attached hydrogens (tertiary/aromatic N) is 3. The molecule has 4 nitrogen and oxygen atoms in total. The minimum Gasteiger partial charge on any atom is -0.466 e. The van der Waals surface area contributed by atoms with Crippen LogP contribution in [0.5, 0.6) is 0 Å². The average molecular weight is 475 g/mol. The summed E-state index contributed by atoms with van der Waals surface area (Å²) >= 11 is 0. The van der Waals surface area contributed by atoms with Gasteiger partial charge in [0.05, 0.1) is 5.76 Å². The molecule has 0 aliphatic heterocycles. The van der Waals surface area contributed by atoms with Crippen molar-refractivity contribution in [1.29, 1.82) is 5.26 Å². The maximum absolute atomic E-state index is 9.12. The van der Waals surface area contributed by atoms with E-state index in [1.807, 2.05) is 55.4 Å². The molecule has 0 aliphatic rings. The fraction of sp³-hybridized carbons (Fsp3) is 0.111. The number of anilines is 1. The normalized spacial score (nSPS) is 9.78. The minimum absolute atomic E-state index is 0. The van der Waals surface area contributed by atoms with Gasteiger partial charge in [0, 0.05) is 45.8 Å². The first-order valence-corrected chi connectivity index (χ1v) is 6.84. The Bertz CT molecular complexity index is 832. The minimum atomic E-state index is 0. The molecule has 0 fully saturated rings. The zero-order valence-corrected chi connectivity index (χ0v) is 15.5. The van der Waals surface area contributed by atoms with Crippen molar-refractivity contribution >= 4 is 5.69 Å². The van der Waals surface area contributed by atoms with E-state index in [0.717, 1.165) is 17.0 Å². The number of pyridine rings is 1. The van der Waals surface area contributed by atoms with E-state index in [0.29, 0.717) is 16.9 Å². The summed E-state index contributed by atoms with van der Waals surface area (Å²) in [4.78, 5) is 5.88.